The molecule has 3 saturated heterocycles. The Morgan fingerprint density at radius 1 is 1.32 bits per heavy atom. The van der Waals surface area contributed by atoms with Crippen LogP contribution in [0.25, 0.3) is 0 Å². The standard InChI is InChI=1S/C18H20ClN3OS2/c1-11-17(12-7-9-22(11)10-8-12)21-18(23)13-5-6-16(24-13)25-15-4-2-3-14(19)20-15/h2-6,11-12,17H,7-10H2,1H3,(H,21,23)/t11-,17-/m0/s1. The maximum Gasteiger partial charge on any atom is 0.261 e. The number of nitrogens with one attached hydrogen (secondary N) is 1. The first-order chi connectivity index (χ1) is 12.1. The largest absolute Gasteiger partial charge is 0.347 e. The molecule has 2 bridgehead atoms. The molecule has 2 aromatic heterocycles. The van der Waals surface area contributed by atoms with E-state index in [1.807, 2.05) is 24.3 Å². The van der Waals surface area contributed by atoms with E-state index in [0.717, 1.165) is 14.1 Å². The van der Waals surface area contributed by atoms with E-state index in [1.165, 1.54) is 49.0 Å². The molecule has 25 heavy (non-hydrogen) atoms. The quantitative estimate of drug-likeness (QED) is 0.792. The highest BCUT2D eigenvalue weighted by Crippen LogP contribution is 2.34. The highest BCUT2D eigenvalue weighted by atomic mass is 35.5. The lowest BCUT2D eigenvalue weighted by Gasteiger charge is -2.49. The maximum absolute atomic E-state index is 12.7. The van der Waals surface area contributed by atoms with Crippen LogP contribution in [0.4, 0.5) is 0 Å². The van der Waals surface area contributed by atoms with Gasteiger partial charge >= 0.3 is 0 Å². The zero-order chi connectivity index (χ0) is 17.4. The number of halogens is 1. The van der Waals surface area contributed by atoms with Gasteiger partial charge in [-0.15, -0.1) is 11.3 Å². The Balaban J connectivity index is 1.42. The van der Waals surface area contributed by atoms with Gasteiger partial charge < -0.3 is 5.32 Å². The molecule has 132 valence electrons. The fourth-order valence-electron chi connectivity index (χ4n) is 3.81. The zero-order valence-electron chi connectivity index (χ0n) is 13.9. The fraction of sp³-hybridized carbons (Fsp3) is 0.444. The zero-order valence-corrected chi connectivity index (χ0v) is 16.3. The van der Waals surface area contributed by atoms with Gasteiger partial charge in [0.1, 0.15) is 10.2 Å². The number of carbonyl (C=O) groups excluding carboxylic acids is 1. The summed E-state index contributed by atoms with van der Waals surface area (Å²) in [7, 11) is 0. The minimum atomic E-state index is 0.0431. The molecule has 5 rings (SSSR count). The second kappa shape index (κ2) is 7.27. The number of piperidine rings is 3. The van der Waals surface area contributed by atoms with Crippen LogP contribution in [0.2, 0.25) is 5.15 Å². The third kappa shape index (κ3) is 3.72. The molecule has 2 atom stereocenters. The van der Waals surface area contributed by atoms with Crippen molar-refractivity contribution in [3.05, 3.63) is 40.4 Å². The van der Waals surface area contributed by atoms with Crippen molar-refractivity contribution in [3.63, 3.8) is 0 Å². The van der Waals surface area contributed by atoms with Gasteiger partial charge in [0.25, 0.3) is 5.91 Å². The molecule has 1 N–H and O–H groups in total. The molecule has 3 aliphatic rings. The number of amides is 1. The second-order valence-corrected chi connectivity index (χ2v) is 9.42. The van der Waals surface area contributed by atoms with Crippen molar-refractivity contribution in [2.24, 2.45) is 5.92 Å². The number of aromatic nitrogens is 1. The van der Waals surface area contributed by atoms with E-state index in [-0.39, 0.29) is 11.9 Å². The smallest absolute Gasteiger partial charge is 0.261 e. The third-order valence-corrected chi connectivity index (χ3v) is 7.54. The van der Waals surface area contributed by atoms with Gasteiger partial charge in [0.05, 0.1) is 9.09 Å². The molecule has 4 nitrogen and oxygen atoms in total. The van der Waals surface area contributed by atoms with Gasteiger partial charge in [-0.1, -0.05) is 29.4 Å². The third-order valence-electron chi connectivity index (χ3n) is 5.18. The van der Waals surface area contributed by atoms with Crippen LogP contribution in [0.5, 0.6) is 0 Å². The Labute approximate surface area is 161 Å². The van der Waals surface area contributed by atoms with Gasteiger partial charge in [0.2, 0.25) is 0 Å². The van der Waals surface area contributed by atoms with Crippen LogP contribution in [0.1, 0.15) is 29.4 Å². The SMILES string of the molecule is C[C@H]1[C@H](NC(=O)c2ccc(Sc3cccc(Cl)n3)s2)C2CCN1CC2. The molecule has 3 fully saturated rings. The minimum Gasteiger partial charge on any atom is -0.347 e. The fourth-order valence-corrected chi connectivity index (χ4v) is 5.99. The van der Waals surface area contributed by atoms with Crippen molar-refractivity contribution in [1.29, 1.82) is 0 Å². The summed E-state index contributed by atoms with van der Waals surface area (Å²) in [5.41, 5.74) is 0. The summed E-state index contributed by atoms with van der Waals surface area (Å²) in [6, 6.07) is 10.1. The maximum atomic E-state index is 12.7. The van der Waals surface area contributed by atoms with Gasteiger partial charge in [0, 0.05) is 12.1 Å². The average molecular weight is 394 g/mol. The van der Waals surface area contributed by atoms with Gasteiger partial charge in [-0.3, -0.25) is 9.69 Å². The van der Waals surface area contributed by atoms with Gasteiger partial charge in [-0.05, 0) is 63.0 Å². The number of nitrogens with zero attached hydrogens (tertiary/aromatic N) is 2. The summed E-state index contributed by atoms with van der Waals surface area (Å²) in [6.07, 6.45) is 2.39. The van der Waals surface area contributed by atoms with Crippen LogP contribution in [-0.2, 0) is 0 Å². The van der Waals surface area contributed by atoms with Crippen LogP contribution in [0.15, 0.2) is 39.6 Å². The number of fused-ring (bicyclic) bond motifs is 3. The molecule has 3 aliphatic heterocycles. The average Bonchev–Trinajstić information content (AvgIpc) is 3.07. The number of thiophene rings is 1. The first-order valence-electron chi connectivity index (χ1n) is 8.55. The van der Waals surface area contributed by atoms with Crippen molar-refractivity contribution in [2.75, 3.05) is 13.1 Å². The summed E-state index contributed by atoms with van der Waals surface area (Å²) >= 11 is 8.97. The van der Waals surface area contributed by atoms with Crippen LogP contribution < -0.4 is 5.32 Å². The number of pyridine rings is 1. The van der Waals surface area contributed by atoms with Crippen LogP contribution >= 0.6 is 34.7 Å². The van der Waals surface area contributed by atoms with Gasteiger partial charge in [-0.25, -0.2) is 4.98 Å². The number of rotatable bonds is 4. The first kappa shape index (κ1) is 17.3. The number of hydrogen-bond acceptors (Lipinski definition) is 5. The Morgan fingerprint density at radius 2 is 2.12 bits per heavy atom. The van der Waals surface area contributed by atoms with Gasteiger partial charge in [-0.2, -0.15) is 0 Å². The van der Waals surface area contributed by atoms with E-state index >= 15 is 0 Å². The van der Waals surface area contributed by atoms with E-state index in [2.05, 4.69) is 22.1 Å². The molecule has 0 unspecified atom stereocenters. The van der Waals surface area contributed by atoms with Crippen LogP contribution in [-0.4, -0.2) is 41.0 Å². The molecule has 7 heteroatoms. The Kier molecular flexibility index (Phi) is 5.04. The topological polar surface area (TPSA) is 45.2 Å². The van der Waals surface area contributed by atoms with E-state index in [1.54, 1.807) is 6.07 Å². The first-order valence-corrected chi connectivity index (χ1v) is 10.6. The van der Waals surface area contributed by atoms with Crippen molar-refractivity contribution < 1.29 is 4.79 Å². The summed E-state index contributed by atoms with van der Waals surface area (Å²) in [6.45, 7) is 4.58. The van der Waals surface area contributed by atoms with Crippen LogP contribution in [0.3, 0.4) is 0 Å². The number of hydrogen-bond donors (Lipinski definition) is 1. The summed E-state index contributed by atoms with van der Waals surface area (Å²) in [5.74, 6) is 0.662. The Hall–Kier alpha value is -1.08. The molecule has 2 aromatic rings. The molecule has 5 heterocycles. The lowest BCUT2D eigenvalue weighted by Crippen LogP contribution is -2.62. The van der Waals surface area contributed by atoms with Crippen LogP contribution in [0, 0.1) is 5.92 Å². The summed E-state index contributed by atoms with van der Waals surface area (Å²) in [5, 5.41) is 4.61. The monoisotopic (exact) mass is 393 g/mol. The van der Waals surface area contributed by atoms with Crippen molar-refractivity contribution in [3.8, 4) is 0 Å². The molecular weight excluding hydrogens is 374 g/mol. The molecule has 1 amide bonds. The predicted molar refractivity (Wildman–Crippen MR) is 103 cm³/mol. The predicted octanol–water partition coefficient (Wildman–Crippen LogP) is 4.16. The van der Waals surface area contributed by atoms with E-state index in [0.29, 0.717) is 17.1 Å². The molecule has 0 aromatic carbocycles. The Bertz CT molecular complexity index is 771. The normalized spacial score (nSPS) is 28.1. The summed E-state index contributed by atoms with van der Waals surface area (Å²) in [4.78, 5) is 20.2. The van der Waals surface area contributed by atoms with Gasteiger partial charge in [0.15, 0.2) is 0 Å². The van der Waals surface area contributed by atoms with E-state index in [9.17, 15) is 4.79 Å². The van der Waals surface area contributed by atoms with Crippen molar-refractivity contribution in [1.82, 2.24) is 15.2 Å². The van der Waals surface area contributed by atoms with E-state index < -0.39 is 0 Å². The molecule has 0 aliphatic carbocycles. The highest BCUT2D eigenvalue weighted by Gasteiger charge is 2.40. The summed E-state index contributed by atoms with van der Waals surface area (Å²) < 4.78 is 1.04. The minimum absolute atomic E-state index is 0.0431. The Morgan fingerprint density at radius 3 is 2.84 bits per heavy atom. The lowest BCUT2D eigenvalue weighted by molar-refractivity contribution is 0.0218. The highest BCUT2D eigenvalue weighted by molar-refractivity contribution is 8.01. The van der Waals surface area contributed by atoms with Crippen molar-refractivity contribution >= 4 is 40.6 Å². The molecule has 0 spiro atoms. The van der Waals surface area contributed by atoms with Crippen molar-refractivity contribution in [2.45, 2.75) is 41.1 Å². The number of carbonyl (C=O) groups is 1. The second-order valence-electron chi connectivity index (χ2n) is 6.63. The lowest BCUT2D eigenvalue weighted by atomic mass is 9.79. The molecular formula is C18H20ClN3OS2. The molecule has 0 radical (unpaired) electrons. The van der Waals surface area contributed by atoms with E-state index in [4.69, 9.17) is 11.6 Å². The molecule has 0 saturated carbocycles.